The monoisotopic (exact) mass is 530 g/mol. The summed E-state index contributed by atoms with van der Waals surface area (Å²) in [5, 5.41) is 14.9. The van der Waals surface area contributed by atoms with Gasteiger partial charge in [0.1, 0.15) is 11.3 Å². The van der Waals surface area contributed by atoms with Crippen LogP contribution in [0.25, 0.3) is 22.3 Å². The van der Waals surface area contributed by atoms with E-state index >= 15 is 0 Å². The summed E-state index contributed by atoms with van der Waals surface area (Å²) in [7, 11) is 2.94. The highest BCUT2D eigenvalue weighted by atomic mass is 16.7. The molecule has 0 saturated carbocycles. The molecule has 1 atom stereocenters. The van der Waals surface area contributed by atoms with Crippen LogP contribution in [-0.4, -0.2) is 55.2 Å². The topological polar surface area (TPSA) is 101 Å². The summed E-state index contributed by atoms with van der Waals surface area (Å²) in [6, 6.07) is 26.1. The first kappa shape index (κ1) is 28.0. The Morgan fingerprint density at radius 1 is 0.949 bits per heavy atom. The minimum absolute atomic E-state index is 0.0149. The molecule has 0 fully saturated rings. The Kier molecular flexibility index (Phi) is 9.85. The fourth-order valence-corrected chi connectivity index (χ4v) is 4.47. The number of nitrogens with zero attached hydrogens (tertiary/aromatic N) is 1. The predicted molar refractivity (Wildman–Crippen MR) is 148 cm³/mol. The zero-order valence-corrected chi connectivity index (χ0v) is 22.2. The van der Waals surface area contributed by atoms with Crippen LogP contribution in [0, 0.1) is 0 Å². The molecule has 0 saturated heterocycles. The van der Waals surface area contributed by atoms with Crippen molar-refractivity contribution in [1.82, 2.24) is 10.4 Å². The molecule has 39 heavy (non-hydrogen) atoms. The quantitative estimate of drug-likeness (QED) is 0.135. The number of hydroxylamine groups is 2. The Labute approximate surface area is 228 Å². The molecule has 2 amide bonds. The molecule has 0 unspecified atom stereocenters. The van der Waals surface area contributed by atoms with E-state index in [9.17, 15) is 14.8 Å². The first-order valence-electron chi connectivity index (χ1n) is 13.0. The third-order valence-corrected chi connectivity index (χ3v) is 6.60. The first-order valence-corrected chi connectivity index (χ1v) is 13.0. The second-order valence-electron chi connectivity index (χ2n) is 9.29. The standard InChI is InChI=1S/C31H34N2O6/c1-37-31(38-2)26(18-19-29(34)33(36)20-8-11-22-9-4-3-5-10-22)32-30(35)24-16-14-23(15-17-24)28-21-25-12-6-7-13-27(25)39-28/h3-7,9-10,12-17,21,26,31,36H,8,11,18-20H2,1-2H3,(H,32,35)/t26-/m0/s1. The Morgan fingerprint density at radius 2 is 1.64 bits per heavy atom. The molecule has 4 aromatic rings. The van der Waals surface area contributed by atoms with E-state index in [-0.39, 0.29) is 25.3 Å². The van der Waals surface area contributed by atoms with E-state index in [0.29, 0.717) is 12.0 Å². The number of carbonyl (C=O) groups is 2. The summed E-state index contributed by atoms with van der Waals surface area (Å²) in [6.45, 7) is 0.223. The van der Waals surface area contributed by atoms with Gasteiger partial charge < -0.3 is 19.2 Å². The molecule has 3 aromatic carbocycles. The number of rotatable bonds is 13. The molecule has 0 aliphatic rings. The lowest BCUT2D eigenvalue weighted by molar-refractivity contribution is -0.166. The highest BCUT2D eigenvalue weighted by molar-refractivity contribution is 5.95. The van der Waals surface area contributed by atoms with Gasteiger partial charge in [-0.05, 0) is 49.1 Å². The smallest absolute Gasteiger partial charge is 0.251 e. The fraction of sp³-hybridized carbons (Fsp3) is 0.290. The maximum absolute atomic E-state index is 13.0. The minimum Gasteiger partial charge on any atom is -0.456 e. The Bertz CT molecular complexity index is 1320. The summed E-state index contributed by atoms with van der Waals surface area (Å²) in [5.41, 5.74) is 3.25. The number of nitrogens with one attached hydrogen (secondary N) is 1. The second kappa shape index (κ2) is 13.7. The lowest BCUT2D eigenvalue weighted by atomic mass is 10.1. The van der Waals surface area contributed by atoms with Crippen LogP contribution in [0.4, 0.5) is 0 Å². The number of amides is 2. The van der Waals surface area contributed by atoms with Gasteiger partial charge >= 0.3 is 0 Å². The van der Waals surface area contributed by atoms with Crippen LogP contribution in [0.15, 0.2) is 89.3 Å². The summed E-state index contributed by atoms with van der Waals surface area (Å²) in [6.07, 6.45) is 0.871. The zero-order chi connectivity index (χ0) is 27.6. The molecular weight excluding hydrogens is 496 g/mol. The van der Waals surface area contributed by atoms with Gasteiger partial charge in [-0.2, -0.15) is 0 Å². The Hall–Kier alpha value is -3.98. The average Bonchev–Trinajstić information content (AvgIpc) is 3.41. The molecule has 8 heteroatoms. The number of hydrogen-bond acceptors (Lipinski definition) is 6. The van der Waals surface area contributed by atoms with E-state index in [1.165, 1.54) is 14.2 Å². The van der Waals surface area contributed by atoms with E-state index < -0.39 is 18.2 Å². The highest BCUT2D eigenvalue weighted by Crippen LogP contribution is 2.28. The Morgan fingerprint density at radius 3 is 2.33 bits per heavy atom. The third kappa shape index (κ3) is 7.54. The van der Waals surface area contributed by atoms with Crippen molar-refractivity contribution >= 4 is 22.8 Å². The van der Waals surface area contributed by atoms with Crippen LogP contribution in [0.5, 0.6) is 0 Å². The number of carbonyl (C=O) groups excluding carboxylic acids is 2. The van der Waals surface area contributed by atoms with Gasteiger partial charge in [-0.15, -0.1) is 0 Å². The van der Waals surface area contributed by atoms with Crippen LogP contribution in [0.2, 0.25) is 0 Å². The molecule has 1 aromatic heterocycles. The molecule has 0 aliphatic carbocycles. The number of fused-ring (bicyclic) bond motifs is 1. The Balaban J connectivity index is 1.33. The van der Waals surface area contributed by atoms with Gasteiger partial charge in [-0.25, -0.2) is 5.06 Å². The normalized spacial score (nSPS) is 12.0. The number of ether oxygens (including phenoxy) is 2. The van der Waals surface area contributed by atoms with Crippen molar-refractivity contribution in [2.45, 2.75) is 38.0 Å². The van der Waals surface area contributed by atoms with Crippen molar-refractivity contribution in [3.05, 3.63) is 96.1 Å². The van der Waals surface area contributed by atoms with Crippen molar-refractivity contribution in [3.8, 4) is 11.3 Å². The molecular formula is C31H34N2O6. The van der Waals surface area contributed by atoms with Crippen molar-refractivity contribution in [2.24, 2.45) is 0 Å². The number of furan rings is 1. The second-order valence-corrected chi connectivity index (χ2v) is 9.29. The SMILES string of the molecule is COC(OC)[C@H](CCC(=O)N(O)CCCc1ccccc1)NC(=O)c1ccc(-c2cc3ccccc3o2)cc1. The molecule has 204 valence electrons. The number of aryl methyl sites for hydroxylation is 1. The molecule has 0 aliphatic heterocycles. The zero-order valence-electron chi connectivity index (χ0n) is 22.2. The van der Waals surface area contributed by atoms with Crippen molar-refractivity contribution in [1.29, 1.82) is 0 Å². The van der Waals surface area contributed by atoms with E-state index in [0.717, 1.165) is 39.3 Å². The van der Waals surface area contributed by atoms with Crippen LogP contribution >= 0.6 is 0 Å². The lowest BCUT2D eigenvalue weighted by Crippen LogP contribution is -2.45. The number of para-hydroxylation sites is 1. The van der Waals surface area contributed by atoms with Crippen molar-refractivity contribution < 1.29 is 28.7 Å². The van der Waals surface area contributed by atoms with Gasteiger partial charge in [0.15, 0.2) is 6.29 Å². The van der Waals surface area contributed by atoms with Crippen molar-refractivity contribution in [3.63, 3.8) is 0 Å². The highest BCUT2D eigenvalue weighted by Gasteiger charge is 2.25. The fourth-order valence-electron chi connectivity index (χ4n) is 4.47. The minimum atomic E-state index is -0.762. The third-order valence-electron chi connectivity index (χ3n) is 6.60. The van der Waals surface area contributed by atoms with Gasteiger partial charge in [0.05, 0.1) is 6.04 Å². The van der Waals surface area contributed by atoms with Crippen molar-refractivity contribution in [2.75, 3.05) is 20.8 Å². The molecule has 2 N–H and O–H groups in total. The molecule has 4 rings (SSSR count). The molecule has 8 nitrogen and oxygen atoms in total. The number of benzene rings is 3. The maximum Gasteiger partial charge on any atom is 0.251 e. The largest absolute Gasteiger partial charge is 0.456 e. The van der Waals surface area contributed by atoms with Gasteiger partial charge in [-0.3, -0.25) is 14.8 Å². The van der Waals surface area contributed by atoms with E-state index in [1.807, 2.05) is 72.8 Å². The molecule has 0 bridgehead atoms. The van der Waals surface area contributed by atoms with Gasteiger partial charge in [0, 0.05) is 43.7 Å². The molecule has 0 spiro atoms. The van der Waals surface area contributed by atoms with E-state index in [4.69, 9.17) is 13.9 Å². The summed E-state index contributed by atoms with van der Waals surface area (Å²) in [4.78, 5) is 25.6. The van der Waals surface area contributed by atoms with Crippen LogP contribution in [0.1, 0.15) is 35.2 Å². The van der Waals surface area contributed by atoms with Crippen LogP contribution in [0.3, 0.4) is 0 Å². The van der Waals surface area contributed by atoms with Gasteiger partial charge in [0.2, 0.25) is 5.91 Å². The maximum atomic E-state index is 13.0. The van der Waals surface area contributed by atoms with Crippen LogP contribution < -0.4 is 5.32 Å². The van der Waals surface area contributed by atoms with Crippen LogP contribution in [-0.2, 0) is 20.7 Å². The summed E-state index contributed by atoms with van der Waals surface area (Å²) < 4.78 is 16.7. The van der Waals surface area contributed by atoms with E-state index in [1.54, 1.807) is 12.1 Å². The molecule has 1 heterocycles. The number of methoxy groups -OCH3 is 2. The predicted octanol–water partition coefficient (Wildman–Crippen LogP) is 5.45. The van der Waals surface area contributed by atoms with Gasteiger partial charge in [0.25, 0.3) is 5.91 Å². The summed E-state index contributed by atoms with van der Waals surface area (Å²) >= 11 is 0. The first-order chi connectivity index (χ1) is 19.0. The molecule has 0 radical (unpaired) electrons. The van der Waals surface area contributed by atoms with Gasteiger partial charge in [-0.1, -0.05) is 60.7 Å². The lowest BCUT2D eigenvalue weighted by Gasteiger charge is -2.26. The average molecular weight is 531 g/mol. The number of hydrogen-bond donors (Lipinski definition) is 2. The van der Waals surface area contributed by atoms with E-state index in [2.05, 4.69) is 5.32 Å². The summed E-state index contributed by atoms with van der Waals surface area (Å²) in [5.74, 6) is -0.0365.